The molecule has 13 heavy (non-hydrogen) atoms. The van der Waals surface area contributed by atoms with Crippen molar-refractivity contribution in [1.29, 1.82) is 0 Å². The quantitative estimate of drug-likeness (QED) is 0.605. The van der Waals surface area contributed by atoms with E-state index in [0.717, 1.165) is 0 Å². The van der Waals surface area contributed by atoms with Gasteiger partial charge < -0.3 is 21.1 Å². The van der Waals surface area contributed by atoms with Crippen LogP contribution in [0.15, 0.2) is 6.33 Å². The monoisotopic (exact) mass is 208 g/mol. The molecule has 0 saturated heterocycles. The van der Waals surface area contributed by atoms with Crippen molar-refractivity contribution in [2.75, 3.05) is 19.4 Å². The summed E-state index contributed by atoms with van der Waals surface area (Å²) in [5.41, 5.74) is 0.384. The SMILES string of the molecule is CNC(=O)c1nc[nH]c1NC.Cl.O. The summed E-state index contributed by atoms with van der Waals surface area (Å²) in [5.74, 6) is 0.431. The molecule has 0 aromatic carbocycles. The van der Waals surface area contributed by atoms with Crippen LogP contribution in [0.5, 0.6) is 0 Å². The van der Waals surface area contributed by atoms with E-state index in [4.69, 9.17) is 0 Å². The number of nitrogens with zero attached hydrogens (tertiary/aromatic N) is 1. The third-order valence-electron chi connectivity index (χ3n) is 1.33. The molecule has 76 valence electrons. The highest BCUT2D eigenvalue weighted by Crippen LogP contribution is 2.06. The van der Waals surface area contributed by atoms with Gasteiger partial charge in [-0.15, -0.1) is 12.4 Å². The molecular weight excluding hydrogens is 196 g/mol. The van der Waals surface area contributed by atoms with Crippen LogP contribution < -0.4 is 10.6 Å². The summed E-state index contributed by atoms with van der Waals surface area (Å²) in [4.78, 5) is 17.6. The number of imidazole rings is 1. The van der Waals surface area contributed by atoms with Gasteiger partial charge in [-0.3, -0.25) is 4.79 Å². The van der Waals surface area contributed by atoms with Crippen molar-refractivity contribution >= 4 is 24.1 Å². The van der Waals surface area contributed by atoms with Crippen molar-refractivity contribution in [3.8, 4) is 0 Å². The second-order valence-corrected chi connectivity index (χ2v) is 1.96. The van der Waals surface area contributed by atoms with Crippen LogP contribution in [0.4, 0.5) is 5.82 Å². The van der Waals surface area contributed by atoms with Gasteiger partial charge in [0.2, 0.25) is 0 Å². The zero-order valence-corrected chi connectivity index (χ0v) is 8.16. The number of aromatic amines is 1. The highest BCUT2D eigenvalue weighted by molar-refractivity contribution is 5.96. The molecule has 0 aliphatic heterocycles. The highest BCUT2D eigenvalue weighted by Gasteiger charge is 2.10. The maximum atomic E-state index is 11.0. The molecule has 5 N–H and O–H groups in total. The second-order valence-electron chi connectivity index (χ2n) is 1.96. The number of carbonyl (C=O) groups is 1. The Morgan fingerprint density at radius 1 is 1.54 bits per heavy atom. The summed E-state index contributed by atoms with van der Waals surface area (Å²) < 4.78 is 0. The third kappa shape index (κ3) is 2.92. The van der Waals surface area contributed by atoms with E-state index in [1.54, 1.807) is 14.1 Å². The van der Waals surface area contributed by atoms with Gasteiger partial charge in [0.1, 0.15) is 5.82 Å². The Balaban J connectivity index is 0. The molecule has 0 fully saturated rings. The summed E-state index contributed by atoms with van der Waals surface area (Å²) in [6, 6.07) is 0. The van der Waals surface area contributed by atoms with Gasteiger partial charge in [0.25, 0.3) is 5.91 Å². The Kier molecular flexibility index (Phi) is 6.88. The number of halogens is 1. The lowest BCUT2D eigenvalue weighted by Gasteiger charge is -1.98. The lowest BCUT2D eigenvalue weighted by molar-refractivity contribution is 0.0959. The zero-order valence-electron chi connectivity index (χ0n) is 7.34. The number of rotatable bonds is 2. The Morgan fingerprint density at radius 3 is 2.62 bits per heavy atom. The molecule has 1 amide bonds. The maximum Gasteiger partial charge on any atom is 0.273 e. The molecule has 0 unspecified atom stereocenters. The van der Waals surface area contributed by atoms with E-state index in [9.17, 15) is 4.79 Å². The van der Waals surface area contributed by atoms with Gasteiger partial charge in [0, 0.05) is 14.1 Å². The predicted octanol–water partition coefficient (Wildman–Crippen LogP) is -0.592. The minimum absolute atomic E-state index is 0. The van der Waals surface area contributed by atoms with Gasteiger partial charge in [-0.1, -0.05) is 0 Å². The summed E-state index contributed by atoms with van der Waals surface area (Å²) in [6.45, 7) is 0. The van der Waals surface area contributed by atoms with Crippen LogP contribution in [-0.2, 0) is 0 Å². The van der Waals surface area contributed by atoms with Crippen molar-refractivity contribution in [3.63, 3.8) is 0 Å². The number of nitrogens with one attached hydrogen (secondary N) is 3. The van der Waals surface area contributed by atoms with Crippen LogP contribution in [0.2, 0.25) is 0 Å². The van der Waals surface area contributed by atoms with Gasteiger partial charge in [-0.2, -0.15) is 0 Å². The minimum atomic E-state index is -0.199. The summed E-state index contributed by atoms with van der Waals surface area (Å²) >= 11 is 0. The van der Waals surface area contributed by atoms with Gasteiger partial charge in [0.15, 0.2) is 5.69 Å². The van der Waals surface area contributed by atoms with Crippen molar-refractivity contribution in [2.45, 2.75) is 0 Å². The molecule has 1 aromatic heterocycles. The van der Waals surface area contributed by atoms with Gasteiger partial charge >= 0.3 is 0 Å². The molecule has 1 aromatic rings. The standard InChI is InChI=1S/C6H10N4O.ClH.H2O/c1-7-5-4(6(11)8-2)9-3-10-5;;/h3,7H,1-2H3,(H,8,11)(H,9,10);1H;1H2. The number of H-pyrrole nitrogens is 1. The van der Waals surface area contributed by atoms with Gasteiger partial charge in [-0.05, 0) is 0 Å². The molecule has 0 saturated carbocycles. The number of hydrogen-bond donors (Lipinski definition) is 3. The topological polar surface area (TPSA) is 101 Å². The van der Waals surface area contributed by atoms with Gasteiger partial charge in [-0.25, -0.2) is 4.98 Å². The fourth-order valence-corrected chi connectivity index (χ4v) is 0.775. The first kappa shape index (κ1) is 14.3. The highest BCUT2D eigenvalue weighted by atomic mass is 35.5. The predicted molar refractivity (Wildman–Crippen MR) is 52.4 cm³/mol. The molecular formula is C6H13ClN4O2. The molecule has 1 heterocycles. The molecule has 0 bridgehead atoms. The van der Waals surface area contributed by atoms with Crippen LogP contribution in [0, 0.1) is 0 Å². The lowest BCUT2D eigenvalue weighted by atomic mass is 10.4. The first-order chi connectivity index (χ1) is 5.29. The maximum absolute atomic E-state index is 11.0. The number of hydrogen-bond acceptors (Lipinski definition) is 3. The average molecular weight is 209 g/mol. The Bertz CT molecular complexity index is 263. The lowest BCUT2D eigenvalue weighted by Crippen LogP contribution is -2.19. The van der Waals surface area contributed by atoms with Crippen LogP contribution in [0.1, 0.15) is 10.5 Å². The second kappa shape index (κ2) is 6.27. The van der Waals surface area contributed by atoms with E-state index in [-0.39, 0.29) is 23.8 Å². The van der Waals surface area contributed by atoms with Crippen LogP contribution in [0.3, 0.4) is 0 Å². The van der Waals surface area contributed by atoms with E-state index >= 15 is 0 Å². The molecule has 0 spiro atoms. The minimum Gasteiger partial charge on any atom is -0.412 e. The number of aromatic nitrogens is 2. The zero-order chi connectivity index (χ0) is 8.27. The fraction of sp³-hybridized carbons (Fsp3) is 0.333. The number of carbonyl (C=O) groups excluding carboxylic acids is 1. The summed E-state index contributed by atoms with van der Waals surface area (Å²) in [7, 11) is 3.29. The van der Waals surface area contributed by atoms with Crippen LogP contribution >= 0.6 is 12.4 Å². The Labute approximate surface area is 81.9 Å². The molecule has 0 atom stereocenters. The summed E-state index contributed by atoms with van der Waals surface area (Å²) in [6.07, 6.45) is 1.47. The van der Waals surface area contributed by atoms with E-state index in [1.807, 2.05) is 0 Å². The molecule has 1 rings (SSSR count). The Hall–Kier alpha value is -1.27. The molecule has 0 aliphatic carbocycles. The normalized spacial score (nSPS) is 7.85. The Morgan fingerprint density at radius 2 is 2.15 bits per heavy atom. The number of anilines is 1. The molecule has 6 nitrogen and oxygen atoms in total. The van der Waals surface area contributed by atoms with Crippen molar-refractivity contribution < 1.29 is 10.3 Å². The smallest absolute Gasteiger partial charge is 0.273 e. The van der Waals surface area contributed by atoms with E-state index in [1.165, 1.54) is 6.33 Å². The van der Waals surface area contributed by atoms with Crippen LogP contribution in [-0.4, -0.2) is 35.4 Å². The van der Waals surface area contributed by atoms with Crippen LogP contribution in [0.25, 0.3) is 0 Å². The molecule has 7 heteroatoms. The molecule has 0 radical (unpaired) electrons. The first-order valence-corrected chi connectivity index (χ1v) is 3.22. The number of amides is 1. The van der Waals surface area contributed by atoms with E-state index in [0.29, 0.717) is 11.5 Å². The van der Waals surface area contributed by atoms with Crippen molar-refractivity contribution in [1.82, 2.24) is 15.3 Å². The summed E-state index contributed by atoms with van der Waals surface area (Å²) in [5, 5.41) is 5.29. The van der Waals surface area contributed by atoms with E-state index in [2.05, 4.69) is 20.6 Å². The van der Waals surface area contributed by atoms with Crippen molar-refractivity contribution in [3.05, 3.63) is 12.0 Å². The fourth-order valence-electron chi connectivity index (χ4n) is 0.775. The largest absolute Gasteiger partial charge is 0.412 e. The van der Waals surface area contributed by atoms with Crippen molar-refractivity contribution in [2.24, 2.45) is 0 Å². The molecule has 0 aliphatic rings. The average Bonchev–Trinajstić information content (AvgIpc) is 2.50. The first-order valence-electron chi connectivity index (χ1n) is 3.22. The van der Waals surface area contributed by atoms with Gasteiger partial charge in [0.05, 0.1) is 6.33 Å². The van der Waals surface area contributed by atoms with E-state index < -0.39 is 0 Å². The third-order valence-corrected chi connectivity index (χ3v) is 1.33.